The number of carbonyl (C=O) groups is 1. The summed E-state index contributed by atoms with van der Waals surface area (Å²) in [6, 6.07) is 10.6. The van der Waals surface area contributed by atoms with E-state index in [1.54, 1.807) is 36.3 Å². The summed E-state index contributed by atoms with van der Waals surface area (Å²) in [6.45, 7) is 0. The first-order chi connectivity index (χ1) is 9.72. The molecule has 1 aromatic carbocycles. The minimum absolute atomic E-state index is 0.270. The van der Waals surface area contributed by atoms with Gasteiger partial charge in [-0.25, -0.2) is 4.98 Å². The number of amides is 1. The number of hydrogen-bond acceptors (Lipinski definition) is 4. The smallest absolute Gasteiger partial charge is 0.291 e. The summed E-state index contributed by atoms with van der Waals surface area (Å²) in [6.07, 6.45) is 3.09. The molecular formula is C14H12N4O2. The Hall–Kier alpha value is -2.89. The van der Waals surface area contributed by atoms with Crippen LogP contribution in [0.25, 0.3) is 11.4 Å². The van der Waals surface area contributed by atoms with Crippen molar-refractivity contribution in [3.05, 3.63) is 54.7 Å². The van der Waals surface area contributed by atoms with Gasteiger partial charge < -0.3 is 9.73 Å². The van der Waals surface area contributed by atoms with Gasteiger partial charge in [0.1, 0.15) is 6.33 Å². The van der Waals surface area contributed by atoms with Crippen molar-refractivity contribution in [2.24, 2.45) is 7.05 Å². The van der Waals surface area contributed by atoms with Crippen molar-refractivity contribution in [1.29, 1.82) is 0 Å². The fourth-order valence-electron chi connectivity index (χ4n) is 1.81. The zero-order valence-corrected chi connectivity index (χ0v) is 10.8. The van der Waals surface area contributed by atoms with Gasteiger partial charge >= 0.3 is 0 Å². The van der Waals surface area contributed by atoms with Gasteiger partial charge in [-0.2, -0.15) is 5.10 Å². The average Bonchev–Trinajstić information content (AvgIpc) is 3.10. The molecule has 0 saturated carbocycles. The highest BCUT2D eigenvalue weighted by atomic mass is 16.3. The van der Waals surface area contributed by atoms with Gasteiger partial charge in [-0.15, -0.1) is 0 Å². The first-order valence-electron chi connectivity index (χ1n) is 6.03. The van der Waals surface area contributed by atoms with E-state index in [-0.39, 0.29) is 11.7 Å². The van der Waals surface area contributed by atoms with E-state index in [9.17, 15) is 4.79 Å². The molecule has 20 heavy (non-hydrogen) atoms. The van der Waals surface area contributed by atoms with Crippen LogP contribution in [0.1, 0.15) is 10.6 Å². The van der Waals surface area contributed by atoms with Crippen molar-refractivity contribution < 1.29 is 9.21 Å². The molecule has 0 fully saturated rings. The van der Waals surface area contributed by atoms with Crippen LogP contribution in [0.5, 0.6) is 0 Å². The van der Waals surface area contributed by atoms with Crippen LogP contribution < -0.4 is 5.32 Å². The number of hydrogen-bond donors (Lipinski definition) is 1. The molecule has 2 heterocycles. The summed E-state index contributed by atoms with van der Waals surface area (Å²) >= 11 is 0. The minimum Gasteiger partial charge on any atom is -0.459 e. The predicted octanol–water partition coefficient (Wildman–Crippen LogP) is 2.33. The number of rotatable bonds is 3. The lowest BCUT2D eigenvalue weighted by atomic mass is 10.2. The molecule has 6 nitrogen and oxygen atoms in total. The molecule has 3 rings (SSSR count). The molecule has 0 unspecified atom stereocenters. The molecule has 0 aliphatic heterocycles. The van der Waals surface area contributed by atoms with Crippen LogP contribution in [-0.2, 0) is 7.05 Å². The molecule has 2 aromatic heterocycles. The van der Waals surface area contributed by atoms with Crippen molar-refractivity contribution in [2.75, 3.05) is 5.32 Å². The topological polar surface area (TPSA) is 73.0 Å². The second-order valence-corrected chi connectivity index (χ2v) is 4.25. The van der Waals surface area contributed by atoms with Crippen molar-refractivity contribution in [3.63, 3.8) is 0 Å². The lowest BCUT2D eigenvalue weighted by Gasteiger charge is -2.04. The molecule has 3 aromatic rings. The molecule has 0 atom stereocenters. The standard InChI is InChI=1S/C14H12N4O2/c1-18-9-15-13(17-18)10-4-2-5-11(8-10)16-14(19)12-6-3-7-20-12/h2-9H,1H3,(H,16,19). The molecule has 0 bridgehead atoms. The summed E-state index contributed by atoms with van der Waals surface area (Å²) in [5, 5.41) is 6.99. The number of carbonyl (C=O) groups excluding carboxylic acids is 1. The first kappa shape index (κ1) is 12.2. The predicted molar refractivity (Wildman–Crippen MR) is 73.1 cm³/mol. The first-order valence-corrected chi connectivity index (χ1v) is 6.03. The van der Waals surface area contributed by atoms with E-state index in [0.29, 0.717) is 11.5 Å². The molecule has 100 valence electrons. The Bertz CT molecular complexity index is 731. The van der Waals surface area contributed by atoms with Crippen molar-refractivity contribution in [3.8, 4) is 11.4 Å². The quantitative estimate of drug-likeness (QED) is 0.791. The van der Waals surface area contributed by atoms with Gasteiger partial charge in [0.25, 0.3) is 5.91 Å². The van der Waals surface area contributed by atoms with Gasteiger partial charge in [-0.3, -0.25) is 9.48 Å². The third kappa shape index (κ3) is 2.44. The van der Waals surface area contributed by atoms with Gasteiger partial charge in [-0.1, -0.05) is 12.1 Å². The van der Waals surface area contributed by atoms with Gasteiger partial charge in [0.2, 0.25) is 0 Å². The molecular weight excluding hydrogens is 256 g/mol. The minimum atomic E-state index is -0.291. The van der Waals surface area contributed by atoms with E-state index in [1.807, 2.05) is 18.2 Å². The highest BCUT2D eigenvalue weighted by Crippen LogP contribution is 2.19. The van der Waals surface area contributed by atoms with Crippen molar-refractivity contribution in [2.45, 2.75) is 0 Å². The number of anilines is 1. The number of nitrogens with one attached hydrogen (secondary N) is 1. The second kappa shape index (κ2) is 5.00. The molecule has 1 N–H and O–H groups in total. The number of benzene rings is 1. The van der Waals surface area contributed by atoms with Gasteiger partial charge in [0.15, 0.2) is 11.6 Å². The molecule has 0 spiro atoms. The third-order valence-corrected chi connectivity index (χ3v) is 2.72. The molecule has 1 amide bonds. The van der Waals surface area contributed by atoms with E-state index in [4.69, 9.17) is 4.42 Å². The SMILES string of the molecule is Cn1cnc(-c2cccc(NC(=O)c3ccco3)c2)n1. The van der Waals surface area contributed by atoms with E-state index in [1.165, 1.54) is 6.26 Å². The maximum absolute atomic E-state index is 11.9. The van der Waals surface area contributed by atoms with E-state index >= 15 is 0 Å². The Kier molecular flexibility index (Phi) is 3.04. The summed E-state index contributed by atoms with van der Waals surface area (Å²) in [4.78, 5) is 16.1. The van der Waals surface area contributed by atoms with Crippen molar-refractivity contribution in [1.82, 2.24) is 14.8 Å². The summed E-state index contributed by atoms with van der Waals surface area (Å²) in [5.74, 6) is 0.592. The molecule has 0 saturated heterocycles. The Labute approximate surface area is 115 Å². The zero-order valence-electron chi connectivity index (χ0n) is 10.8. The van der Waals surface area contributed by atoms with E-state index < -0.39 is 0 Å². The largest absolute Gasteiger partial charge is 0.459 e. The van der Waals surface area contributed by atoms with Crippen LogP contribution in [0, 0.1) is 0 Å². The Morgan fingerprint density at radius 1 is 1.30 bits per heavy atom. The highest BCUT2D eigenvalue weighted by Gasteiger charge is 2.10. The Balaban J connectivity index is 1.83. The van der Waals surface area contributed by atoms with Gasteiger partial charge in [0, 0.05) is 18.3 Å². The van der Waals surface area contributed by atoms with Crippen LogP contribution in [0.2, 0.25) is 0 Å². The lowest BCUT2D eigenvalue weighted by Crippen LogP contribution is -2.10. The fourth-order valence-corrected chi connectivity index (χ4v) is 1.81. The Morgan fingerprint density at radius 3 is 2.90 bits per heavy atom. The van der Waals surface area contributed by atoms with Crippen molar-refractivity contribution >= 4 is 11.6 Å². The summed E-state index contributed by atoms with van der Waals surface area (Å²) in [7, 11) is 1.80. The maximum atomic E-state index is 11.9. The molecule has 0 aliphatic rings. The molecule has 6 heteroatoms. The number of furan rings is 1. The van der Waals surface area contributed by atoms with E-state index in [2.05, 4.69) is 15.4 Å². The summed E-state index contributed by atoms with van der Waals surface area (Å²) < 4.78 is 6.67. The highest BCUT2D eigenvalue weighted by molar-refractivity contribution is 6.02. The van der Waals surface area contributed by atoms with Gasteiger partial charge in [-0.05, 0) is 24.3 Å². The fraction of sp³-hybridized carbons (Fsp3) is 0.0714. The maximum Gasteiger partial charge on any atom is 0.291 e. The number of nitrogens with zero attached hydrogens (tertiary/aromatic N) is 3. The monoisotopic (exact) mass is 268 g/mol. The second-order valence-electron chi connectivity index (χ2n) is 4.25. The van der Waals surface area contributed by atoms with E-state index in [0.717, 1.165) is 5.56 Å². The molecule has 0 radical (unpaired) electrons. The third-order valence-electron chi connectivity index (χ3n) is 2.72. The molecule has 0 aliphatic carbocycles. The van der Waals surface area contributed by atoms with Crippen LogP contribution in [0.15, 0.2) is 53.4 Å². The van der Waals surface area contributed by atoms with Gasteiger partial charge in [0.05, 0.1) is 6.26 Å². The Morgan fingerprint density at radius 2 is 2.20 bits per heavy atom. The average molecular weight is 268 g/mol. The van der Waals surface area contributed by atoms with Crippen LogP contribution in [-0.4, -0.2) is 20.7 Å². The zero-order chi connectivity index (χ0) is 13.9. The lowest BCUT2D eigenvalue weighted by molar-refractivity contribution is 0.0996. The van der Waals surface area contributed by atoms with Crippen LogP contribution in [0.4, 0.5) is 5.69 Å². The van der Waals surface area contributed by atoms with Crippen LogP contribution in [0.3, 0.4) is 0 Å². The number of aromatic nitrogens is 3. The van der Waals surface area contributed by atoms with Crippen LogP contribution >= 0.6 is 0 Å². The summed E-state index contributed by atoms with van der Waals surface area (Å²) in [5.41, 5.74) is 1.50. The normalized spacial score (nSPS) is 10.4. The number of aryl methyl sites for hydroxylation is 1.